The van der Waals surface area contributed by atoms with E-state index in [2.05, 4.69) is 25.5 Å². The van der Waals surface area contributed by atoms with Gasteiger partial charge in [0.25, 0.3) is 0 Å². The quantitative estimate of drug-likeness (QED) is 0.491. The summed E-state index contributed by atoms with van der Waals surface area (Å²) in [6, 6.07) is 15.7. The van der Waals surface area contributed by atoms with Crippen molar-refractivity contribution in [3.05, 3.63) is 65.1 Å². The van der Waals surface area contributed by atoms with E-state index in [-0.39, 0.29) is 0 Å². The highest BCUT2D eigenvalue weighted by molar-refractivity contribution is 7.10. The van der Waals surface area contributed by atoms with Crippen LogP contribution in [-0.4, -0.2) is 34.4 Å². The van der Waals surface area contributed by atoms with Crippen LogP contribution in [0.15, 0.2) is 60.2 Å². The van der Waals surface area contributed by atoms with Crippen LogP contribution >= 0.6 is 11.3 Å². The lowest BCUT2D eigenvalue weighted by molar-refractivity contribution is 0.397. The second kappa shape index (κ2) is 8.66. The molecule has 2 heterocycles. The van der Waals surface area contributed by atoms with E-state index in [1.54, 1.807) is 31.8 Å². The number of nitrogens with zero attached hydrogens (tertiary/aromatic N) is 4. The number of aromatic nitrogens is 4. The highest BCUT2D eigenvalue weighted by atomic mass is 32.1. The molecule has 29 heavy (non-hydrogen) atoms. The Morgan fingerprint density at radius 1 is 0.966 bits per heavy atom. The van der Waals surface area contributed by atoms with Gasteiger partial charge in [0.1, 0.15) is 17.2 Å². The van der Waals surface area contributed by atoms with Crippen molar-refractivity contribution in [2.24, 2.45) is 0 Å². The van der Waals surface area contributed by atoms with Gasteiger partial charge in [-0.15, -0.1) is 16.4 Å². The first-order valence-electron chi connectivity index (χ1n) is 8.93. The maximum absolute atomic E-state index is 5.47. The van der Waals surface area contributed by atoms with Gasteiger partial charge in [0.05, 0.1) is 48.6 Å². The number of nitrogens with one attached hydrogen (secondary N) is 1. The Bertz CT molecular complexity index is 1080. The Morgan fingerprint density at radius 3 is 2.45 bits per heavy atom. The molecule has 7 nitrogen and oxygen atoms in total. The zero-order valence-corrected chi connectivity index (χ0v) is 16.8. The summed E-state index contributed by atoms with van der Waals surface area (Å²) in [5, 5.41) is 11.4. The molecule has 0 fully saturated rings. The van der Waals surface area contributed by atoms with Gasteiger partial charge in [-0.2, -0.15) is 5.10 Å². The topological polar surface area (TPSA) is 82.0 Å². The van der Waals surface area contributed by atoms with E-state index in [4.69, 9.17) is 9.47 Å². The summed E-state index contributed by atoms with van der Waals surface area (Å²) in [5.41, 5.74) is 5.23. The smallest absolute Gasteiger partial charge is 0.243 e. The fourth-order valence-corrected chi connectivity index (χ4v) is 3.71. The first-order chi connectivity index (χ1) is 14.3. The molecule has 0 aliphatic rings. The third-order valence-electron chi connectivity index (χ3n) is 4.34. The van der Waals surface area contributed by atoms with Crippen LogP contribution in [0.4, 0.5) is 5.95 Å². The van der Waals surface area contributed by atoms with Crippen molar-refractivity contribution in [2.75, 3.05) is 19.5 Å². The average molecular weight is 405 g/mol. The van der Waals surface area contributed by atoms with Crippen molar-refractivity contribution in [1.82, 2.24) is 20.2 Å². The Balaban J connectivity index is 1.59. The van der Waals surface area contributed by atoms with Crippen LogP contribution < -0.4 is 14.8 Å². The number of thiazole rings is 1. The van der Waals surface area contributed by atoms with Crippen molar-refractivity contribution in [1.29, 1.82) is 0 Å². The number of methoxy groups -OCH3 is 2. The number of hydrogen-bond donors (Lipinski definition) is 1. The summed E-state index contributed by atoms with van der Waals surface area (Å²) in [6.07, 6.45) is 1.59. The van der Waals surface area contributed by atoms with Gasteiger partial charge >= 0.3 is 0 Å². The lowest BCUT2D eigenvalue weighted by atomic mass is 10.1. The second-order valence-electron chi connectivity index (χ2n) is 6.05. The van der Waals surface area contributed by atoms with Gasteiger partial charge < -0.3 is 14.8 Å². The molecule has 0 saturated heterocycles. The normalized spacial score (nSPS) is 10.6. The fourth-order valence-electron chi connectivity index (χ4n) is 2.99. The standard InChI is InChI=1S/C21H19N5O2S/c1-27-16-9-6-10-17(28-2)19(16)15-11-24-26-21(25-15)22-12-18-20(23-13-29-18)14-7-4-3-5-8-14/h3-11,13H,12H2,1-2H3,(H,22,25,26). The summed E-state index contributed by atoms with van der Waals surface area (Å²) >= 11 is 1.59. The van der Waals surface area contributed by atoms with E-state index < -0.39 is 0 Å². The van der Waals surface area contributed by atoms with Gasteiger partial charge in [-0.1, -0.05) is 36.4 Å². The highest BCUT2D eigenvalue weighted by Crippen LogP contribution is 2.37. The Kier molecular flexibility index (Phi) is 5.62. The average Bonchev–Trinajstić information content (AvgIpc) is 3.26. The minimum atomic E-state index is 0.419. The number of benzene rings is 2. The van der Waals surface area contributed by atoms with Crippen LogP contribution in [0.5, 0.6) is 11.5 Å². The van der Waals surface area contributed by atoms with Gasteiger partial charge in [-0.3, -0.25) is 0 Å². The van der Waals surface area contributed by atoms with Crippen LogP contribution in [0.25, 0.3) is 22.5 Å². The molecule has 2 aromatic heterocycles. The maximum atomic E-state index is 5.47. The maximum Gasteiger partial charge on any atom is 0.243 e. The predicted molar refractivity (Wildman–Crippen MR) is 113 cm³/mol. The van der Waals surface area contributed by atoms with Crippen molar-refractivity contribution in [2.45, 2.75) is 6.54 Å². The van der Waals surface area contributed by atoms with E-state index in [1.165, 1.54) is 0 Å². The molecule has 0 radical (unpaired) electrons. The van der Waals surface area contributed by atoms with E-state index in [1.807, 2.05) is 54.0 Å². The second-order valence-corrected chi connectivity index (χ2v) is 6.99. The van der Waals surface area contributed by atoms with Gasteiger partial charge in [0.15, 0.2) is 0 Å². The molecule has 0 unspecified atom stereocenters. The predicted octanol–water partition coefficient (Wildman–Crippen LogP) is 4.29. The summed E-state index contributed by atoms with van der Waals surface area (Å²) in [6.45, 7) is 0.545. The van der Waals surface area contributed by atoms with E-state index >= 15 is 0 Å². The van der Waals surface area contributed by atoms with Crippen LogP contribution in [0.2, 0.25) is 0 Å². The molecule has 0 aliphatic carbocycles. The molecule has 2 aromatic carbocycles. The number of rotatable bonds is 7. The van der Waals surface area contributed by atoms with Crippen molar-refractivity contribution in [3.8, 4) is 34.0 Å². The molecule has 4 aromatic rings. The van der Waals surface area contributed by atoms with E-state index in [0.29, 0.717) is 29.7 Å². The molecular weight excluding hydrogens is 386 g/mol. The monoisotopic (exact) mass is 405 g/mol. The SMILES string of the molecule is COc1cccc(OC)c1-c1cnnc(NCc2scnc2-c2ccccc2)n1. The van der Waals surface area contributed by atoms with Crippen molar-refractivity contribution < 1.29 is 9.47 Å². The molecule has 1 N–H and O–H groups in total. The fraction of sp³-hybridized carbons (Fsp3) is 0.143. The number of hydrogen-bond acceptors (Lipinski definition) is 8. The van der Waals surface area contributed by atoms with E-state index in [0.717, 1.165) is 21.7 Å². The van der Waals surface area contributed by atoms with Crippen LogP contribution in [0, 0.1) is 0 Å². The van der Waals surface area contributed by atoms with Gasteiger partial charge in [-0.05, 0) is 12.1 Å². The lowest BCUT2D eigenvalue weighted by Crippen LogP contribution is -2.06. The highest BCUT2D eigenvalue weighted by Gasteiger charge is 2.15. The zero-order valence-electron chi connectivity index (χ0n) is 16.0. The molecule has 0 atom stereocenters. The third kappa shape index (κ3) is 4.02. The van der Waals surface area contributed by atoms with Crippen molar-refractivity contribution in [3.63, 3.8) is 0 Å². The minimum absolute atomic E-state index is 0.419. The molecule has 0 amide bonds. The summed E-state index contributed by atoms with van der Waals surface area (Å²) in [4.78, 5) is 10.2. The number of ether oxygens (including phenoxy) is 2. The van der Waals surface area contributed by atoms with Crippen molar-refractivity contribution >= 4 is 17.3 Å². The van der Waals surface area contributed by atoms with Crippen LogP contribution in [0.1, 0.15) is 4.88 Å². The molecule has 146 valence electrons. The Morgan fingerprint density at radius 2 is 1.72 bits per heavy atom. The summed E-state index contributed by atoms with van der Waals surface area (Å²) in [7, 11) is 3.22. The first-order valence-corrected chi connectivity index (χ1v) is 9.81. The third-order valence-corrected chi connectivity index (χ3v) is 5.17. The molecule has 0 spiro atoms. The molecular formula is C21H19N5O2S. The van der Waals surface area contributed by atoms with E-state index in [9.17, 15) is 0 Å². The number of anilines is 1. The summed E-state index contributed by atoms with van der Waals surface area (Å²) in [5.74, 6) is 1.73. The minimum Gasteiger partial charge on any atom is -0.496 e. The Hall–Kier alpha value is -3.52. The molecule has 0 bridgehead atoms. The molecule has 0 saturated carbocycles. The van der Waals surface area contributed by atoms with Crippen LogP contribution in [-0.2, 0) is 6.54 Å². The largest absolute Gasteiger partial charge is 0.496 e. The lowest BCUT2D eigenvalue weighted by Gasteiger charge is -2.12. The van der Waals surface area contributed by atoms with Gasteiger partial charge in [0.2, 0.25) is 5.95 Å². The molecule has 4 rings (SSSR count). The summed E-state index contributed by atoms with van der Waals surface area (Å²) < 4.78 is 10.9. The Labute approximate surface area is 172 Å². The molecule has 0 aliphatic heterocycles. The van der Waals surface area contributed by atoms with Gasteiger partial charge in [0, 0.05) is 5.56 Å². The first kappa shape index (κ1) is 18.8. The molecule has 8 heteroatoms. The van der Waals surface area contributed by atoms with Gasteiger partial charge in [-0.25, -0.2) is 9.97 Å². The zero-order chi connectivity index (χ0) is 20.1. The van der Waals surface area contributed by atoms with Crippen LogP contribution in [0.3, 0.4) is 0 Å².